The van der Waals surface area contributed by atoms with Crippen LogP contribution in [-0.2, 0) is 17.9 Å². The second-order valence-electron chi connectivity index (χ2n) is 8.17. The van der Waals surface area contributed by atoms with Gasteiger partial charge >= 0.3 is 0 Å². The maximum absolute atomic E-state index is 12.8. The molecule has 172 valence electrons. The molecule has 0 aliphatic carbocycles. The minimum Gasteiger partial charge on any atom is -0.491 e. The molecule has 6 heteroatoms. The highest BCUT2D eigenvalue weighted by Gasteiger charge is 2.13. The Bertz CT molecular complexity index is 1050. The zero-order chi connectivity index (χ0) is 23.6. The largest absolute Gasteiger partial charge is 0.491 e. The standard InChI is InChI=1S/C27H31N3O3/c1-20(2)33-25-14-12-21(13-15-25)17-29-26(31)18-28-24-11-7-10-23(16-24)27(32)30(3)19-22-8-5-4-6-9-22/h4-16,20,28H,17-19H2,1-3H3,(H,29,31). The highest BCUT2D eigenvalue weighted by atomic mass is 16.5. The molecule has 2 amide bonds. The molecule has 0 fully saturated rings. The zero-order valence-corrected chi connectivity index (χ0v) is 19.4. The third kappa shape index (κ3) is 7.68. The molecule has 0 aliphatic rings. The molecule has 0 aromatic heterocycles. The Morgan fingerprint density at radius 1 is 0.909 bits per heavy atom. The fourth-order valence-electron chi connectivity index (χ4n) is 3.32. The lowest BCUT2D eigenvalue weighted by Gasteiger charge is -2.18. The van der Waals surface area contributed by atoms with Crippen LogP contribution in [0.25, 0.3) is 0 Å². The maximum atomic E-state index is 12.8. The van der Waals surface area contributed by atoms with E-state index in [9.17, 15) is 9.59 Å². The van der Waals surface area contributed by atoms with E-state index in [0.29, 0.717) is 18.7 Å². The van der Waals surface area contributed by atoms with Crippen LogP contribution in [0.1, 0.15) is 35.3 Å². The fraction of sp³-hybridized carbons (Fsp3) is 0.259. The van der Waals surface area contributed by atoms with Gasteiger partial charge in [-0.05, 0) is 55.3 Å². The van der Waals surface area contributed by atoms with Crippen molar-refractivity contribution in [1.29, 1.82) is 0 Å². The van der Waals surface area contributed by atoms with E-state index in [2.05, 4.69) is 10.6 Å². The average Bonchev–Trinajstić information content (AvgIpc) is 2.82. The summed E-state index contributed by atoms with van der Waals surface area (Å²) in [6.45, 7) is 5.05. The van der Waals surface area contributed by atoms with E-state index >= 15 is 0 Å². The Morgan fingerprint density at radius 2 is 1.64 bits per heavy atom. The summed E-state index contributed by atoms with van der Waals surface area (Å²) in [7, 11) is 1.78. The Morgan fingerprint density at radius 3 is 2.33 bits per heavy atom. The van der Waals surface area contributed by atoms with Gasteiger partial charge in [-0.3, -0.25) is 9.59 Å². The van der Waals surface area contributed by atoms with Crippen LogP contribution < -0.4 is 15.4 Å². The molecule has 3 aromatic rings. The summed E-state index contributed by atoms with van der Waals surface area (Å²) in [5.41, 5.74) is 3.36. The monoisotopic (exact) mass is 445 g/mol. The summed E-state index contributed by atoms with van der Waals surface area (Å²) >= 11 is 0. The molecule has 3 rings (SSSR count). The Labute approximate surface area is 195 Å². The third-order valence-electron chi connectivity index (χ3n) is 4.96. The molecule has 3 aromatic carbocycles. The molecular weight excluding hydrogens is 414 g/mol. The van der Waals surface area contributed by atoms with E-state index in [4.69, 9.17) is 4.74 Å². The first-order valence-electron chi connectivity index (χ1n) is 11.1. The van der Waals surface area contributed by atoms with Gasteiger partial charge in [-0.2, -0.15) is 0 Å². The number of amides is 2. The predicted molar refractivity (Wildman–Crippen MR) is 131 cm³/mol. The summed E-state index contributed by atoms with van der Waals surface area (Å²) in [4.78, 5) is 26.7. The SMILES string of the molecule is CC(C)Oc1ccc(CNC(=O)CNc2cccc(C(=O)N(C)Cc3ccccc3)c2)cc1. The van der Waals surface area contributed by atoms with E-state index in [1.54, 1.807) is 24.1 Å². The number of nitrogens with zero attached hydrogens (tertiary/aromatic N) is 1. The van der Waals surface area contributed by atoms with Crippen molar-refractivity contribution in [2.45, 2.75) is 33.0 Å². The second-order valence-corrected chi connectivity index (χ2v) is 8.17. The minimum absolute atomic E-state index is 0.0724. The number of benzene rings is 3. The topological polar surface area (TPSA) is 70.7 Å². The van der Waals surface area contributed by atoms with Crippen molar-refractivity contribution in [3.8, 4) is 5.75 Å². The summed E-state index contributed by atoms with van der Waals surface area (Å²) in [6, 6.07) is 24.7. The van der Waals surface area contributed by atoms with E-state index in [0.717, 1.165) is 22.6 Å². The van der Waals surface area contributed by atoms with Gasteiger partial charge in [0.15, 0.2) is 0 Å². The lowest BCUT2D eigenvalue weighted by atomic mass is 10.1. The van der Waals surface area contributed by atoms with E-state index in [1.807, 2.05) is 80.6 Å². The Hall–Kier alpha value is -3.80. The number of anilines is 1. The average molecular weight is 446 g/mol. The van der Waals surface area contributed by atoms with Crippen molar-refractivity contribution in [3.63, 3.8) is 0 Å². The van der Waals surface area contributed by atoms with Crippen LogP contribution in [0.3, 0.4) is 0 Å². The number of rotatable bonds is 10. The van der Waals surface area contributed by atoms with Gasteiger partial charge in [-0.15, -0.1) is 0 Å². The molecule has 0 heterocycles. The zero-order valence-electron chi connectivity index (χ0n) is 19.4. The third-order valence-corrected chi connectivity index (χ3v) is 4.96. The minimum atomic E-state index is -0.129. The molecule has 0 spiro atoms. The molecule has 33 heavy (non-hydrogen) atoms. The van der Waals surface area contributed by atoms with Gasteiger partial charge in [-0.25, -0.2) is 0 Å². The first kappa shape index (κ1) is 23.9. The summed E-state index contributed by atoms with van der Waals surface area (Å²) in [5.74, 6) is 0.609. The quantitative estimate of drug-likeness (QED) is 0.483. The van der Waals surface area contributed by atoms with Crippen molar-refractivity contribution in [2.75, 3.05) is 18.9 Å². The number of ether oxygens (including phenoxy) is 1. The number of nitrogens with one attached hydrogen (secondary N) is 2. The molecule has 0 saturated carbocycles. The van der Waals surface area contributed by atoms with Crippen LogP contribution in [0.4, 0.5) is 5.69 Å². The van der Waals surface area contributed by atoms with E-state index in [1.165, 1.54) is 0 Å². The lowest BCUT2D eigenvalue weighted by molar-refractivity contribution is -0.119. The first-order valence-corrected chi connectivity index (χ1v) is 11.1. The number of hydrogen-bond acceptors (Lipinski definition) is 4. The van der Waals surface area contributed by atoms with Gasteiger partial charge < -0.3 is 20.3 Å². The van der Waals surface area contributed by atoms with Crippen molar-refractivity contribution in [1.82, 2.24) is 10.2 Å². The predicted octanol–water partition coefficient (Wildman–Crippen LogP) is 4.47. The smallest absolute Gasteiger partial charge is 0.253 e. The Balaban J connectivity index is 1.47. The molecule has 0 radical (unpaired) electrons. The van der Waals surface area contributed by atoms with Crippen molar-refractivity contribution in [3.05, 3.63) is 95.6 Å². The van der Waals surface area contributed by atoms with E-state index in [-0.39, 0.29) is 24.5 Å². The molecule has 0 bridgehead atoms. The van der Waals surface area contributed by atoms with Crippen molar-refractivity contribution < 1.29 is 14.3 Å². The summed E-state index contributed by atoms with van der Waals surface area (Å²) < 4.78 is 5.63. The van der Waals surface area contributed by atoms with Crippen LogP contribution in [0, 0.1) is 0 Å². The highest BCUT2D eigenvalue weighted by Crippen LogP contribution is 2.15. The first-order chi connectivity index (χ1) is 15.9. The molecule has 0 aliphatic heterocycles. The molecule has 0 saturated heterocycles. The number of carbonyl (C=O) groups excluding carboxylic acids is 2. The van der Waals surface area contributed by atoms with Gasteiger partial charge in [-0.1, -0.05) is 48.5 Å². The van der Waals surface area contributed by atoms with Crippen LogP contribution in [-0.4, -0.2) is 36.4 Å². The maximum Gasteiger partial charge on any atom is 0.253 e. The Kier molecular flexibility index (Phi) is 8.47. The lowest BCUT2D eigenvalue weighted by Crippen LogP contribution is -2.29. The normalized spacial score (nSPS) is 10.5. The van der Waals surface area contributed by atoms with Gasteiger partial charge in [0, 0.05) is 31.4 Å². The van der Waals surface area contributed by atoms with Gasteiger partial charge in [0.25, 0.3) is 5.91 Å². The number of carbonyl (C=O) groups is 2. The molecule has 2 N–H and O–H groups in total. The molecule has 6 nitrogen and oxygen atoms in total. The summed E-state index contributed by atoms with van der Waals surface area (Å²) in [5, 5.41) is 5.99. The van der Waals surface area contributed by atoms with Gasteiger partial charge in [0.2, 0.25) is 5.91 Å². The molecular formula is C27H31N3O3. The highest BCUT2D eigenvalue weighted by molar-refractivity contribution is 5.95. The molecule has 0 unspecified atom stereocenters. The molecule has 0 atom stereocenters. The van der Waals surface area contributed by atoms with Crippen molar-refractivity contribution in [2.24, 2.45) is 0 Å². The number of hydrogen-bond donors (Lipinski definition) is 2. The van der Waals surface area contributed by atoms with E-state index < -0.39 is 0 Å². The van der Waals surface area contributed by atoms with Gasteiger partial charge in [0.05, 0.1) is 12.6 Å². The summed E-state index contributed by atoms with van der Waals surface area (Å²) in [6.07, 6.45) is 0.125. The van der Waals surface area contributed by atoms with Gasteiger partial charge in [0.1, 0.15) is 5.75 Å². The van der Waals surface area contributed by atoms with Crippen LogP contribution in [0.2, 0.25) is 0 Å². The van der Waals surface area contributed by atoms with Crippen molar-refractivity contribution >= 4 is 17.5 Å². The fourth-order valence-corrected chi connectivity index (χ4v) is 3.32. The van der Waals surface area contributed by atoms with Crippen LogP contribution >= 0.6 is 0 Å². The van der Waals surface area contributed by atoms with Crippen LogP contribution in [0.15, 0.2) is 78.9 Å². The second kappa shape index (κ2) is 11.7. The van der Waals surface area contributed by atoms with Crippen LogP contribution in [0.5, 0.6) is 5.75 Å².